The van der Waals surface area contributed by atoms with Gasteiger partial charge in [0, 0.05) is 22.6 Å². The van der Waals surface area contributed by atoms with E-state index in [9.17, 15) is 8.78 Å². The van der Waals surface area contributed by atoms with E-state index >= 15 is 0 Å². The number of rotatable bonds is 3. The summed E-state index contributed by atoms with van der Waals surface area (Å²) in [4.78, 5) is 2.38. The summed E-state index contributed by atoms with van der Waals surface area (Å²) in [5.74, 6) is 3.33. The maximum Gasteiger partial charge on any atom is 0.248 e. The van der Waals surface area contributed by atoms with E-state index in [1.807, 2.05) is 19.1 Å². The summed E-state index contributed by atoms with van der Waals surface area (Å²) in [6.07, 6.45) is 1.05. The standard InChI is InChI=1S/C12H18F2N2S/c1-8-2-3-10(17-8)11(16-15)9-4-6-12(13,14)7-5-9/h2-3,9,11,16H,4-7,15H2,1H3. The maximum atomic E-state index is 13.1. The van der Waals surface area contributed by atoms with E-state index in [0.717, 1.165) is 4.88 Å². The first-order valence-electron chi connectivity index (χ1n) is 5.92. The molecule has 0 aliphatic heterocycles. The average Bonchev–Trinajstić information content (AvgIpc) is 2.68. The SMILES string of the molecule is Cc1ccc(C(NN)C2CCC(F)(F)CC2)s1. The second kappa shape index (κ2) is 5.00. The van der Waals surface area contributed by atoms with Gasteiger partial charge in [0.15, 0.2) is 0 Å². The van der Waals surface area contributed by atoms with Crippen molar-refractivity contribution in [3.05, 3.63) is 21.9 Å². The zero-order valence-electron chi connectivity index (χ0n) is 9.88. The Balaban J connectivity index is 2.05. The monoisotopic (exact) mass is 260 g/mol. The van der Waals surface area contributed by atoms with Gasteiger partial charge in [0.05, 0.1) is 6.04 Å². The largest absolute Gasteiger partial charge is 0.271 e. The molecule has 3 N–H and O–H groups in total. The molecule has 0 aromatic carbocycles. The predicted molar refractivity (Wildman–Crippen MR) is 66.0 cm³/mol. The quantitative estimate of drug-likeness (QED) is 0.646. The highest BCUT2D eigenvalue weighted by molar-refractivity contribution is 7.12. The Morgan fingerprint density at radius 2 is 2.06 bits per heavy atom. The van der Waals surface area contributed by atoms with Crippen molar-refractivity contribution >= 4 is 11.3 Å². The third-order valence-corrected chi connectivity index (χ3v) is 4.56. The Hall–Kier alpha value is -0.520. The first kappa shape index (κ1) is 12.9. The van der Waals surface area contributed by atoms with Gasteiger partial charge in [0.25, 0.3) is 0 Å². The number of aryl methyl sites for hydroxylation is 1. The van der Waals surface area contributed by atoms with Crippen molar-refractivity contribution in [2.45, 2.75) is 44.6 Å². The molecule has 1 aliphatic rings. The molecule has 5 heteroatoms. The lowest BCUT2D eigenvalue weighted by Gasteiger charge is -2.33. The smallest absolute Gasteiger partial charge is 0.248 e. The molecular formula is C12H18F2N2S. The molecule has 1 aliphatic carbocycles. The van der Waals surface area contributed by atoms with E-state index in [1.54, 1.807) is 11.3 Å². The summed E-state index contributed by atoms with van der Waals surface area (Å²) in [5, 5.41) is 0. The summed E-state index contributed by atoms with van der Waals surface area (Å²) in [6, 6.07) is 4.10. The van der Waals surface area contributed by atoms with Gasteiger partial charge >= 0.3 is 0 Å². The van der Waals surface area contributed by atoms with E-state index in [2.05, 4.69) is 5.43 Å². The van der Waals surface area contributed by atoms with Crippen LogP contribution in [0.4, 0.5) is 8.78 Å². The predicted octanol–water partition coefficient (Wildman–Crippen LogP) is 3.39. The fourth-order valence-electron chi connectivity index (χ4n) is 2.47. The van der Waals surface area contributed by atoms with Crippen molar-refractivity contribution in [2.75, 3.05) is 0 Å². The molecule has 0 spiro atoms. The van der Waals surface area contributed by atoms with Crippen LogP contribution in [0.15, 0.2) is 12.1 Å². The highest BCUT2D eigenvalue weighted by atomic mass is 32.1. The summed E-state index contributed by atoms with van der Waals surface area (Å²) in [5.41, 5.74) is 2.79. The van der Waals surface area contributed by atoms with Gasteiger partial charge in [-0.1, -0.05) is 0 Å². The van der Waals surface area contributed by atoms with Gasteiger partial charge in [-0.3, -0.25) is 11.3 Å². The molecule has 0 saturated heterocycles. The van der Waals surface area contributed by atoms with Crippen LogP contribution in [-0.4, -0.2) is 5.92 Å². The third kappa shape index (κ3) is 3.03. The van der Waals surface area contributed by atoms with Crippen LogP contribution in [0.5, 0.6) is 0 Å². The minimum Gasteiger partial charge on any atom is -0.271 e. The second-order valence-electron chi connectivity index (χ2n) is 4.79. The van der Waals surface area contributed by atoms with Crippen LogP contribution < -0.4 is 11.3 Å². The van der Waals surface area contributed by atoms with Gasteiger partial charge in [0.2, 0.25) is 5.92 Å². The summed E-state index contributed by atoms with van der Waals surface area (Å²) < 4.78 is 26.2. The lowest BCUT2D eigenvalue weighted by Crippen LogP contribution is -2.36. The van der Waals surface area contributed by atoms with Crippen molar-refractivity contribution in [1.82, 2.24) is 5.43 Å². The molecule has 2 rings (SSSR count). The molecule has 17 heavy (non-hydrogen) atoms. The summed E-state index contributed by atoms with van der Waals surface area (Å²) in [7, 11) is 0. The van der Waals surface area contributed by atoms with Crippen molar-refractivity contribution < 1.29 is 8.78 Å². The number of hydrazine groups is 1. The molecule has 2 nitrogen and oxygen atoms in total. The molecule has 1 atom stereocenters. The van der Waals surface area contributed by atoms with E-state index in [4.69, 9.17) is 5.84 Å². The number of nitrogens with one attached hydrogen (secondary N) is 1. The number of nitrogens with two attached hydrogens (primary N) is 1. The molecule has 96 valence electrons. The molecule has 1 aromatic rings. The van der Waals surface area contributed by atoms with E-state index in [-0.39, 0.29) is 24.8 Å². The van der Waals surface area contributed by atoms with Crippen molar-refractivity contribution in [3.63, 3.8) is 0 Å². The van der Waals surface area contributed by atoms with Crippen molar-refractivity contribution in [1.29, 1.82) is 0 Å². The maximum absolute atomic E-state index is 13.1. The van der Waals surface area contributed by atoms with Crippen LogP contribution in [0.25, 0.3) is 0 Å². The molecule has 0 bridgehead atoms. The van der Waals surface area contributed by atoms with Gasteiger partial charge in [-0.15, -0.1) is 11.3 Å². The molecule has 0 radical (unpaired) electrons. The van der Waals surface area contributed by atoms with Crippen LogP contribution in [0.1, 0.15) is 41.5 Å². The van der Waals surface area contributed by atoms with Crippen LogP contribution in [-0.2, 0) is 0 Å². The minimum absolute atomic E-state index is 0.0137. The Kier molecular flexibility index (Phi) is 3.80. The zero-order valence-corrected chi connectivity index (χ0v) is 10.7. The lowest BCUT2D eigenvalue weighted by atomic mass is 9.82. The zero-order chi connectivity index (χ0) is 12.5. The number of halogens is 2. The average molecular weight is 260 g/mol. The van der Waals surface area contributed by atoms with Gasteiger partial charge in [-0.25, -0.2) is 8.78 Å². The number of thiophene rings is 1. The van der Waals surface area contributed by atoms with E-state index in [1.165, 1.54) is 4.88 Å². The van der Waals surface area contributed by atoms with Crippen molar-refractivity contribution in [2.24, 2.45) is 11.8 Å². The normalized spacial score (nSPS) is 22.6. The second-order valence-corrected chi connectivity index (χ2v) is 6.11. The number of alkyl halides is 2. The highest BCUT2D eigenvalue weighted by Gasteiger charge is 2.38. The van der Waals surface area contributed by atoms with Crippen LogP contribution >= 0.6 is 11.3 Å². The van der Waals surface area contributed by atoms with Crippen LogP contribution in [0.3, 0.4) is 0 Å². The van der Waals surface area contributed by atoms with Crippen LogP contribution in [0, 0.1) is 12.8 Å². The molecular weight excluding hydrogens is 242 g/mol. The van der Waals surface area contributed by atoms with Gasteiger partial charge < -0.3 is 0 Å². The van der Waals surface area contributed by atoms with Crippen molar-refractivity contribution in [3.8, 4) is 0 Å². The number of hydrogen-bond donors (Lipinski definition) is 2. The summed E-state index contributed by atoms with van der Waals surface area (Å²) >= 11 is 1.68. The Labute approximate surface area is 104 Å². The fourth-order valence-corrected chi connectivity index (χ4v) is 3.50. The first-order valence-corrected chi connectivity index (χ1v) is 6.74. The first-order chi connectivity index (χ1) is 8.02. The Morgan fingerprint density at radius 1 is 1.41 bits per heavy atom. The topological polar surface area (TPSA) is 38.0 Å². The molecule has 1 fully saturated rings. The highest BCUT2D eigenvalue weighted by Crippen LogP contribution is 2.42. The van der Waals surface area contributed by atoms with Crippen LogP contribution in [0.2, 0.25) is 0 Å². The molecule has 1 unspecified atom stereocenters. The van der Waals surface area contributed by atoms with Gasteiger partial charge in [0.1, 0.15) is 0 Å². The molecule has 0 amide bonds. The third-order valence-electron chi connectivity index (χ3n) is 3.48. The molecule has 1 heterocycles. The molecule has 1 saturated carbocycles. The van der Waals surface area contributed by atoms with Gasteiger partial charge in [-0.2, -0.15) is 0 Å². The fraction of sp³-hybridized carbons (Fsp3) is 0.667. The Bertz CT molecular complexity index is 368. The Morgan fingerprint density at radius 3 is 2.53 bits per heavy atom. The van der Waals surface area contributed by atoms with Gasteiger partial charge in [-0.05, 0) is 37.8 Å². The lowest BCUT2D eigenvalue weighted by molar-refractivity contribution is -0.0496. The van der Waals surface area contributed by atoms with E-state index in [0.29, 0.717) is 12.8 Å². The number of hydrogen-bond acceptors (Lipinski definition) is 3. The minimum atomic E-state index is -2.47. The van der Waals surface area contributed by atoms with E-state index < -0.39 is 5.92 Å². The molecule has 1 aromatic heterocycles. The summed E-state index contributed by atoms with van der Waals surface area (Å²) in [6.45, 7) is 2.04.